The van der Waals surface area contributed by atoms with Crippen LogP contribution >= 0.6 is 0 Å². The monoisotopic (exact) mass is 264 g/mol. The fourth-order valence-corrected chi connectivity index (χ4v) is 2.72. The summed E-state index contributed by atoms with van der Waals surface area (Å²) >= 11 is 0. The summed E-state index contributed by atoms with van der Waals surface area (Å²) in [7, 11) is 5.73. The summed E-state index contributed by atoms with van der Waals surface area (Å²) in [6.07, 6.45) is 1.93. The number of aryl methyl sites for hydroxylation is 1. The van der Waals surface area contributed by atoms with Crippen LogP contribution in [0.2, 0.25) is 0 Å². The molecule has 3 rings (SSSR count). The van der Waals surface area contributed by atoms with Gasteiger partial charge in [-0.25, -0.2) is 0 Å². The lowest BCUT2D eigenvalue weighted by Gasteiger charge is -2.16. The molecule has 1 aliphatic rings. The zero-order valence-electron chi connectivity index (χ0n) is 10.9. The van der Waals surface area contributed by atoms with E-state index in [0.717, 1.165) is 12.8 Å². The molecule has 1 unspecified atom stereocenters. The number of rotatable bonds is 3. The van der Waals surface area contributed by atoms with E-state index in [0.29, 0.717) is 11.2 Å². The Morgan fingerprint density at radius 1 is 1.25 bits per heavy atom. The van der Waals surface area contributed by atoms with Crippen molar-refractivity contribution in [2.45, 2.75) is 18.9 Å². The van der Waals surface area contributed by atoms with Crippen LogP contribution in [0.5, 0.6) is 0 Å². The lowest BCUT2D eigenvalue weighted by Crippen LogP contribution is -2.12. The topological polar surface area (TPSA) is 55.2 Å². The Bertz CT molecular complexity index is 673. The minimum atomic E-state index is -0.386. The molecule has 1 N–H and O–H groups in total. The van der Waals surface area contributed by atoms with Crippen LogP contribution < -0.4 is 10.8 Å². The van der Waals surface area contributed by atoms with Crippen LogP contribution in [0.15, 0.2) is 42.5 Å². The van der Waals surface area contributed by atoms with E-state index in [-0.39, 0.29) is 16.7 Å². The van der Waals surface area contributed by atoms with Gasteiger partial charge >= 0.3 is 0 Å². The lowest BCUT2D eigenvalue weighted by molar-refractivity contribution is -0.384. The molecule has 0 saturated heterocycles. The molecule has 0 aromatic heterocycles. The highest BCUT2D eigenvalue weighted by molar-refractivity contribution is 6.32. The maximum atomic E-state index is 11.1. The highest BCUT2D eigenvalue weighted by Gasteiger charge is 2.24. The average Bonchev–Trinajstić information content (AvgIpc) is 2.82. The smallest absolute Gasteiger partial charge is 0.292 e. The molecule has 2 aromatic carbocycles. The fourth-order valence-electron chi connectivity index (χ4n) is 2.72. The first kappa shape index (κ1) is 12.7. The van der Waals surface area contributed by atoms with E-state index in [1.807, 2.05) is 12.1 Å². The van der Waals surface area contributed by atoms with Gasteiger partial charge in [0.15, 0.2) is 0 Å². The molecule has 2 radical (unpaired) electrons. The van der Waals surface area contributed by atoms with Crippen LogP contribution in [-0.4, -0.2) is 12.8 Å². The van der Waals surface area contributed by atoms with Crippen molar-refractivity contribution in [1.82, 2.24) is 0 Å². The van der Waals surface area contributed by atoms with Crippen molar-refractivity contribution in [3.05, 3.63) is 63.7 Å². The van der Waals surface area contributed by atoms with Gasteiger partial charge < -0.3 is 5.32 Å². The van der Waals surface area contributed by atoms with Crippen molar-refractivity contribution in [1.29, 1.82) is 0 Å². The van der Waals surface area contributed by atoms with Gasteiger partial charge in [0.25, 0.3) is 5.69 Å². The summed E-state index contributed by atoms with van der Waals surface area (Å²) in [6.45, 7) is 0. The standard InChI is InChI=1S/C15H13BN2O2/c16-11-6-8-15(18(19)20)14(9-11)17-13-7-5-10-3-1-2-4-12(10)13/h1-4,6,8-9,13,17H,5,7H2. The second-order valence-electron chi connectivity index (χ2n) is 4.97. The molecule has 0 aliphatic heterocycles. The molecule has 1 atom stereocenters. The van der Waals surface area contributed by atoms with E-state index < -0.39 is 0 Å². The summed E-state index contributed by atoms with van der Waals surface area (Å²) < 4.78 is 0. The molecule has 5 heteroatoms. The highest BCUT2D eigenvalue weighted by atomic mass is 16.6. The summed E-state index contributed by atoms with van der Waals surface area (Å²) in [6, 6.07) is 12.9. The zero-order valence-corrected chi connectivity index (χ0v) is 10.9. The van der Waals surface area contributed by atoms with Crippen LogP contribution in [0.25, 0.3) is 0 Å². The predicted octanol–water partition coefficient (Wildman–Crippen LogP) is 2.49. The minimum absolute atomic E-state index is 0.0589. The number of nitro groups is 1. The lowest BCUT2D eigenvalue weighted by atomic mass is 9.95. The minimum Gasteiger partial charge on any atom is -0.373 e. The Labute approximate surface area is 118 Å². The van der Waals surface area contributed by atoms with Crippen molar-refractivity contribution in [3.63, 3.8) is 0 Å². The predicted molar refractivity (Wildman–Crippen MR) is 79.6 cm³/mol. The van der Waals surface area contributed by atoms with Gasteiger partial charge in [0.05, 0.1) is 11.0 Å². The van der Waals surface area contributed by atoms with E-state index in [1.54, 1.807) is 12.1 Å². The second-order valence-corrected chi connectivity index (χ2v) is 4.97. The van der Waals surface area contributed by atoms with E-state index in [2.05, 4.69) is 17.4 Å². The maximum absolute atomic E-state index is 11.1. The summed E-state index contributed by atoms with van der Waals surface area (Å²) in [5.74, 6) is 0. The SMILES string of the molecule is [B]c1ccc([N+](=O)[O-])c(NC2CCc3ccccc32)c1. The summed E-state index contributed by atoms with van der Waals surface area (Å²) in [5, 5.41) is 14.3. The molecule has 0 amide bonds. The molecule has 4 nitrogen and oxygen atoms in total. The molecule has 98 valence electrons. The van der Waals surface area contributed by atoms with Gasteiger partial charge in [-0.05, 0) is 30.0 Å². The molecule has 0 fully saturated rings. The number of hydrogen-bond acceptors (Lipinski definition) is 3. The second kappa shape index (κ2) is 5.00. The molecule has 2 aromatic rings. The number of hydrogen-bond donors (Lipinski definition) is 1. The van der Waals surface area contributed by atoms with Crippen LogP contribution in [0.4, 0.5) is 11.4 Å². The van der Waals surface area contributed by atoms with E-state index in [1.165, 1.54) is 17.2 Å². The van der Waals surface area contributed by atoms with Crippen LogP contribution in [-0.2, 0) is 6.42 Å². The molecular weight excluding hydrogens is 251 g/mol. The average molecular weight is 264 g/mol. The van der Waals surface area contributed by atoms with Crippen molar-refractivity contribution in [3.8, 4) is 0 Å². The van der Waals surface area contributed by atoms with Gasteiger partial charge in [-0.2, -0.15) is 0 Å². The number of nitrogens with one attached hydrogen (secondary N) is 1. The number of nitro benzene ring substituents is 1. The fraction of sp³-hybridized carbons (Fsp3) is 0.200. The van der Waals surface area contributed by atoms with Gasteiger partial charge in [0.2, 0.25) is 0 Å². The Morgan fingerprint density at radius 3 is 2.85 bits per heavy atom. The van der Waals surface area contributed by atoms with Crippen molar-refractivity contribution >= 4 is 24.7 Å². The Kier molecular flexibility index (Phi) is 3.18. The van der Waals surface area contributed by atoms with Gasteiger partial charge in [0.1, 0.15) is 13.5 Å². The Hall–Kier alpha value is -2.30. The third-order valence-corrected chi connectivity index (χ3v) is 3.68. The molecule has 20 heavy (non-hydrogen) atoms. The molecule has 0 heterocycles. The number of fused-ring (bicyclic) bond motifs is 1. The Balaban J connectivity index is 1.93. The van der Waals surface area contributed by atoms with Crippen molar-refractivity contribution in [2.75, 3.05) is 5.32 Å². The third-order valence-electron chi connectivity index (χ3n) is 3.68. The van der Waals surface area contributed by atoms with Crippen molar-refractivity contribution in [2.24, 2.45) is 0 Å². The quantitative estimate of drug-likeness (QED) is 0.526. The van der Waals surface area contributed by atoms with E-state index in [4.69, 9.17) is 7.85 Å². The van der Waals surface area contributed by atoms with Crippen LogP contribution in [0.1, 0.15) is 23.6 Å². The first-order chi connectivity index (χ1) is 9.65. The van der Waals surface area contributed by atoms with Crippen molar-refractivity contribution < 1.29 is 4.92 Å². The van der Waals surface area contributed by atoms with E-state index >= 15 is 0 Å². The number of nitrogens with zero attached hydrogens (tertiary/aromatic N) is 1. The first-order valence-corrected chi connectivity index (χ1v) is 6.53. The van der Waals surface area contributed by atoms with E-state index in [9.17, 15) is 10.1 Å². The molecule has 0 saturated carbocycles. The maximum Gasteiger partial charge on any atom is 0.292 e. The highest BCUT2D eigenvalue weighted by Crippen LogP contribution is 2.35. The summed E-state index contributed by atoms with van der Waals surface area (Å²) in [4.78, 5) is 10.7. The molecular formula is C15H13BN2O2. The van der Waals surface area contributed by atoms with Crippen LogP contribution in [0.3, 0.4) is 0 Å². The largest absolute Gasteiger partial charge is 0.373 e. The molecule has 1 aliphatic carbocycles. The van der Waals surface area contributed by atoms with Crippen LogP contribution in [0, 0.1) is 10.1 Å². The first-order valence-electron chi connectivity index (χ1n) is 6.53. The van der Waals surface area contributed by atoms with Gasteiger partial charge in [-0.15, -0.1) is 0 Å². The van der Waals surface area contributed by atoms with Gasteiger partial charge in [-0.1, -0.05) is 35.8 Å². The zero-order chi connectivity index (χ0) is 14.1. The van der Waals surface area contributed by atoms with Gasteiger partial charge in [-0.3, -0.25) is 10.1 Å². The summed E-state index contributed by atoms with van der Waals surface area (Å²) in [5.41, 5.74) is 3.57. The van der Waals surface area contributed by atoms with Gasteiger partial charge in [0, 0.05) is 6.07 Å². The molecule has 0 spiro atoms. The number of benzene rings is 2. The third kappa shape index (κ3) is 2.27. The number of anilines is 1. The Morgan fingerprint density at radius 2 is 2.05 bits per heavy atom. The molecule has 0 bridgehead atoms. The normalized spacial score (nSPS) is 16.7.